The molecule has 8 aromatic carbocycles. The molecule has 0 bridgehead atoms. The Morgan fingerprint density at radius 3 is 1.52 bits per heavy atom. The number of anilines is 6. The predicted molar refractivity (Wildman–Crippen MR) is 308 cm³/mol. The Morgan fingerprint density at radius 2 is 0.958 bits per heavy atom. The molecule has 0 fully saturated rings. The molecule has 9 aromatic rings. The second kappa shape index (κ2) is 16.5. The van der Waals surface area contributed by atoms with E-state index in [2.05, 4.69) is 280 Å². The van der Waals surface area contributed by atoms with Crippen LogP contribution in [0.5, 0.6) is 0 Å². The summed E-state index contributed by atoms with van der Waals surface area (Å²) in [7, 11) is 0. The van der Waals surface area contributed by atoms with Gasteiger partial charge < -0.3 is 14.3 Å². The lowest BCUT2D eigenvalue weighted by molar-refractivity contribution is 0.589. The molecule has 4 heteroatoms. The lowest BCUT2D eigenvalue weighted by atomic mass is 9.44. The van der Waals surface area contributed by atoms with Crippen molar-refractivity contribution in [2.75, 3.05) is 9.80 Å². The number of rotatable bonds is 6. The number of para-hydroxylation sites is 2. The van der Waals surface area contributed by atoms with Crippen LogP contribution in [0.15, 0.2) is 176 Å². The highest BCUT2D eigenvalue weighted by Crippen LogP contribution is 2.52. The van der Waals surface area contributed by atoms with Gasteiger partial charge >= 0.3 is 6.85 Å². The van der Waals surface area contributed by atoms with E-state index in [1.807, 2.05) is 0 Å². The molecule has 1 aromatic heterocycles. The molecule has 354 valence electrons. The van der Waals surface area contributed by atoms with E-state index in [4.69, 9.17) is 0 Å². The van der Waals surface area contributed by atoms with Crippen molar-refractivity contribution in [1.82, 2.24) is 4.48 Å². The van der Waals surface area contributed by atoms with Crippen LogP contribution in [0, 0.1) is 6.92 Å². The van der Waals surface area contributed by atoms with Gasteiger partial charge in [0, 0.05) is 61.8 Å². The third kappa shape index (κ3) is 7.82. The first-order valence-corrected chi connectivity index (χ1v) is 25.7. The van der Waals surface area contributed by atoms with Crippen LogP contribution < -0.4 is 20.7 Å². The van der Waals surface area contributed by atoms with Gasteiger partial charge in [-0.05, 0) is 157 Å². The molecule has 0 saturated carbocycles. The molecule has 0 N–H and O–H groups in total. The first-order chi connectivity index (χ1) is 33.7. The summed E-state index contributed by atoms with van der Waals surface area (Å²) in [5.74, 6) is 0. The minimum Gasteiger partial charge on any atom is -0.375 e. The molecule has 0 aliphatic carbocycles. The fraction of sp³-hybridized carbons (Fsp3) is 0.254. The van der Waals surface area contributed by atoms with Crippen molar-refractivity contribution in [1.29, 1.82) is 0 Å². The predicted octanol–water partition coefficient (Wildman–Crippen LogP) is 17.4. The molecule has 0 saturated heterocycles. The van der Waals surface area contributed by atoms with E-state index in [-0.39, 0.29) is 28.5 Å². The lowest BCUT2D eigenvalue weighted by Crippen LogP contribution is -2.57. The standard InChI is InChI=1S/C67H68BN3/c1-43-37-52(69(49-25-19-15-20-26-49)50-27-21-16-22-28-50)34-35-53(43)60-56-40-47(66(8,9)10)39-55-54-38-48(67(11,12)13)42-59-61(54)68(71(63(55)56)62(60)44-23-17-14-18-24-44)57-41-46(65(5,6)7)31-36-58(57)70(59)51-32-29-45(30-33-51)64(2,3)4/h14-42H,1-13H3. The number of fused-ring (bicyclic) bond motifs is 4. The van der Waals surface area contributed by atoms with E-state index in [9.17, 15) is 0 Å². The Morgan fingerprint density at radius 1 is 0.423 bits per heavy atom. The molecular weight excluding hydrogens is 858 g/mol. The van der Waals surface area contributed by atoms with Crippen molar-refractivity contribution in [2.24, 2.45) is 0 Å². The minimum absolute atomic E-state index is 0.0397. The SMILES string of the molecule is Cc1cc(N(c2ccccc2)c2ccccc2)ccc1-c1c(-c2ccccc2)n2c3c(cc(C(C)(C)C)cc13)-c1cc(C(C)(C)C)cc3c1B2c1cc(C(C)(C)C)ccc1N3c1ccc(C(C)(C)C)cc1. The summed E-state index contributed by atoms with van der Waals surface area (Å²) in [4.78, 5) is 4.97. The highest BCUT2D eigenvalue weighted by molar-refractivity contribution is 6.89. The van der Waals surface area contributed by atoms with Gasteiger partial charge in [0.2, 0.25) is 0 Å². The van der Waals surface area contributed by atoms with Crippen LogP contribution in [-0.2, 0) is 21.7 Å². The van der Waals surface area contributed by atoms with Gasteiger partial charge in [-0.25, -0.2) is 0 Å². The van der Waals surface area contributed by atoms with Crippen LogP contribution in [0.3, 0.4) is 0 Å². The quantitative estimate of drug-likeness (QED) is 0.154. The van der Waals surface area contributed by atoms with Crippen LogP contribution in [0.4, 0.5) is 34.1 Å². The first kappa shape index (κ1) is 46.4. The molecule has 3 nitrogen and oxygen atoms in total. The Bertz CT molecular complexity index is 3460. The second-order valence-electron chi connectivity index (χ2n) is 24.4. The molecule has 11 rings (SSSR count). The van der Waals surface area contributed by atoms with Crippen molar-refractivity contribution in [3.05, 3.63) is 204 Å². The van der Waals surface area contributed by atoms with E-state index in [0.29, 0.717) is 0 Å². The Labute approximate surface area is 423 Å². The Balaban J connectivity index is 1.28. The topological polar surface area (TPSA) is 11.4 Å². The maximum Gasteiger partial charge on any atom is 0.333 e. The molecule has 71 heavy (non-hydrogen) atoms. The molecule has 2 aliphatic heterocycles. The third-order valence-electron chi connectivity index (χ3n) is 15.3. The monoisotopic (exact) mass is 926 g/mol. The molecular formula is C67H68BN3. The van der Waals surface area contributed by atoms with Gasteiger partial charge in [-0.2, -0.15) is 0 Å². The number of benzene rings is 8. The van der Waals surface area contributed by atoms with Crippen LogP contribution in [0.1, 0.15) is 111 Å². The summed E-state index contributed by atoms with van der Waals surface area (Å²) in [6, 6.07) is 66.9. The number of aromatic nitrogens is 1. The second-order valence-corrected chi connectivity index (χ2v) is 24.4. The molecule has 0 radical (unpaired) electrons. The summed E-state index contributed by atoms with van der Waals surface area (Å²) in [6.07, 6.45) is 0. The van der Waals surface area contributed by atoms with Crippen LogP contribution in [0.2, 0.25) is 0 Å². The van der Waals surface area contributed by atoms with E-state index in [0.717, 1.165) is 17.1 Å². The number of hydrogen-bond donors (Lipinski definition) is 0. The molecule has 0 unspecified atom stereocenters. The van der Waals surface area contributed by atoms with Gasteiger partial charge in [0.1, 0.15) is 0 Å². The van der Waals surface area contributed by atoms with Crippen LogP contribution in [0.25, 0.3) is 44.4 Å². The van der Waals surface area contributed by atoms with Crippen molar-refractivity contribution >= 4 is 62.8 Å². The van der Waals surface area contributed by atoms with Crippen molar-refractivity contribution < 1.29 is 0 Å². The maximum atomic E-state index is 2.78. The zero-order chi connectivity index (χ0) is 49.9. The van der Waals surface area contributed by atoms with Crippen LogP contribution in [-0.4, -0.2) is 11.3 Å². The summed E-state index contributed by atoms with van der Waals surface area (Å²) >= 11 is 0. The van der Waals surface area contributed by atoms with Gasteiger partial charge in [-0.1, -0.05) is 186 Å². The molecule has 3 heterocycles. The Hall–Kier alpha value is -7.04. The Kier molecular flexibility index (Phi) is 10.8. The molecule has 0 amide bonds. The lowest BCUT2D eigenvalue weighted by Gasteiger charge is -2.42. The van der Waals surface area contributed by atoms with E-state index < -0.39 is 0 Å². The van der Waals surface area contributed by atoms with E-state index >= 15 is 0 Å². The van der Waals surface area contributed by atoms with Gasteiger partial charge in [-0.15, -0.1) is 0 Å². The first-order valence-electron chi connectivity index (χ1n) is 25.7. The van der Waals surface area contributed by atoms with Crippen LogP contribution >= 0.6 is 0 Å². The van der Waals surface area contributed by atoms with E-state index in [1.165, 1.54) is 100 Å². The van der Waals surface area contributed by atoms with Gasteiger partial charge in [-0.3, -0.25) is 0 Å². The summed E-state index contributed by atoms with van der Waals surface area (Å²) in [6.45, 7) is 30.4. The average molecular weight is 926 g/mol. The highest BCUT2D eigenvalue weighted by Gasteiger charge is 2.45. The third-order valence-corrected chi connectivity index (χ3v) is 15.3. The van der Waals surface area contributed by atoms with Crippen molar-refractivity contribution in [2.45, 2.75) is 112 Å². The zero-order valence-electron chi connectivity index (χ0n) is 44.2. The van der Waals surface area contributed by atoms with E-state index in [1.54, 1.807) is 0 Å². The fourth-order valence-electron chi connectivity index (χ4n) is 11.3. The molecule has 2 aliphatic rings. The summed E-state index contributed by atoms with van der Waals surface area (Å²) in [5.41, 5.74) is 25.0. The number of nitrogens with zero attached hydrogens (tertiary/aromatic N) is 3. The minimum atomic E-state index is -0.116. The van der Waals surface area contributed by atoms with Gasteiger partial charge in [0.05, 0.1) is 0 Å². The molecule has 0 atom stereocenters. The fourth-order valence-corrected chi connectivity index (χ4v) is 11.3. The molecule has 0 spiro atoms. The zero-order valence-corrected chi connectivity index (χ0v) is 44.2. The normalized spacial score (nSPS) is 13.4. The van der Waals surface area contributed by atoms with Gasteiger partial charge in [0.25, 0.3) is 0 Å². The number of hydrogen-bond acceptors (Lipinski definition) is 2. The van der Waals surface area contributed by atoms with Crippen molar-refractivity contribution in [3.63, 3.8) is 0 Å². The number of aryl methyl sites for hydroxylation is 1. The maximum absolute atomic E-state index is 2.78. The smallest absolute Gasteiger partial charge is 0.333 e. The summed E-state index contributed by atoms with van der Waals surface area (Å²) < 4.78 is 2.78. The van der Waals surface area contributed by atoms with Crippen molar-refractivity contribution in [3.8, 4) is 33.5 Å². The largest absolute Gasteiger partial charge is 0.375 e. The van der Waals surface area contributed by atoms with Gasteiger partial charge in [0.15, 0.2) is 0 Å². The summed E-state index contributed by atoms with van der Waals surface area (Å²) in [5, 5.41) is 1.30. The highest BCUT2D eigenvalue weighted by atomic mass is 15.2. The average Bonchev–Trinajstić information content (AvgIpc) is 3.67.